The van der Waals surface area contributed by atoms with Crippen molar-refractivity contribution in [3.8, 4) is 0 Å². The van der Waals surface area contributed by atoms with Gasteiger partial charge in [-0.1, -0.05) is 6.08 Å². The first-order chi connectivity index (χ1) is 5.85. The van der Waals surface area contributed by atoms with Gasteiger partial charge in [0.1, 0.15) is 0 Å². The second kappa shape index (κ2) is 8.47. The summed E-state index contributed by atoms with van der Waals surface area (Å²) < 4.78 is 0. The number of unbranched alkanes of at least 4 members (excludes halogenated alkanes) is 1. The van der Waals surface area contributed by atoms with Crippen molar-refractivity contribution < 1.29 is 5.11 Å². The van der Waals surface area contributed by atoms with Gasteiger partial charge in [0.2, 0.25) is 0 Å². The van der Waals surface area contributed by atoms with Gasteiger partial charge in [0.25, 0.3) is 0 Å². The van der Waals surface area contributed by atoms with Crippen LogP contribution in [0.3, 0.4) is 0 Å². The van der Waals surface area contributed by atoms with Gasteiger partial charge in [0, 0.05) is 18.9 Å². The van der Waals surface area contributed by atoms with E-state index in [1.807, 2.05) is 26.0 Å². The molecule has 0 heterocycles. The lowest BCUT2D eigenvalue weighted by Crippen LogP contribution is -1.95. The predicted molar refractivity (Wildman–Crippen MR) is 53.7 cm³/mol. The highest BCUT2D eigenvalue weighted by Gasteiger charge is 1.92. The highest BCUT2D eigenvalue weighted by atomic mass is 16.2. The van der Waals surface area contributed by atoms with Crippen molar-refractivity contribution >= 4 is 5.71 Å². The van der Waals surface area contributed by atoms with Crippen LogP contribution in [-0.2, 0) is 0 Å². The van der Waals surface area contributed by atoms with Crippen molar-refractivity contribution in [3.05, 3.63) is 12.2 Å². The number of aliphatic hydroxyl groups is 1. The van der Waals surface area contributed by atoms with Crippen LogP contribution in [0.1, 0.15) is 33.1 Å². The van der Waals surface area contributed by atoms with Crippen LogP contribution in [0.25, 0.3) is 0 Å². The zero-order valence-corrected chi connectivity index (χ0v) is 8.08. The molecule has 0 saturated heterocycles. The van der Waals surface area contributed by atoms with E-state index < -0.39 is 0 Å². The molecule has 2 heteroatoms. The van der Waals surface area contributed by atoms with Crippen molar-refractivity contribution in [1.82, 2.24) is 0 Å². The van der Waals surface area contributed by atoms with Crippen molar-refractivity contribution in [3.63, 3.8) is 0 Å². The molecule has 0 fully saturated rings. The third-order valence-electron chi connectivity index (χ3n) is 1.56. The quantitative estimate of drug-likeness (QED) is 0.480. The van der Waals surface area contributed by atoms with Gasteiger partial charge in [-0.05, 0) is 39.2 Å². The molecular weight excluding hydrogens is 150 g/mol. The summed E-state index contributed by atoms with van der Waals surface area (Å²) in [5.74, 6) is 0. The summed E-state index contributed by atoms with van der Waals surface area (Å²) in [5.41, 5.74) is 1.15. The summed E-state index contributed by atoms with van der Waals surface area (Å²) in [6, 6.07) is 0. The second-order valence-corrected chi connectivity index (χ2v) is 2.65. The van der Waals surface area contributed by atoms with Gasteiger partial charge in [-0.2, -0.15) is 0 Å². The van der Waals surface area contributed by atoms with Crippen molar-refractivity contribution in [2.24, 2.45) is 4.99 Å². The van der Waals surface area contributed by atoms with Crippen LogP contribution >= 0.6 is 0 Å². The number of hydrogen-bond donors (Lipinski definition) is 1. The molecule has 0 spiro atoms. The number of aliphatic hydroxyl groups excluding tert-OH is 1. The fourth-order valence-corrected chi connectivity index (χ4v) is 1.03. The highest BCUT2D eigenvalue weighted by molar-refractivity contribution is 5.94. The summed E-state index contributed by atoms with van der Waals surface area (Å²) >= 11 is 0. The normalized spacial score (nSPS) is 12.8. The third kappa shape index (κ3) is 6.10. The van der Waals surface area contributed by atoms with Crippen LogP contribution in [-0.4, -0.2) is 24.0 Å². The molecule has 0 bridgehead atoms. The van der Waals surface area contributed by atoms with E-state index in [1.54, 1.807) is 0 Å². The lowest BCUT2D eigenvalue weighted by Gasteiger charge is -1.99. The third-order valence-corrected chi connectivity index (χ3v) is 1.56. The highest BCUT2D eigenvalue weighted by Crippen LogP contribution is 1.99. The Hall–Kier alpha value is -0.630. The minimum Gasteiger partial charge on any atom is -0.396 e. The molecule has 12 heavy (non-hydrogen) atoms. The Bertz CT molecular complexity index is 150. The van der Waals surface area contributed by atoms with Crippen LogP contribution < -0.4 is 0 Å². The number of aliphatic imine (C=N–C) groups is 1. The molecule has 0 rings (SSSR count). The Morgan fingerprint density at radius 3 is 2.67 bits per heavy atom. The number of allylic oxidation sites excluding steroid dienone is 2. The van der Waals surface area contributed by atoms with E-state index in [0.717, 1.165) is 31.5 Å². The lowest BCUT2D eigenvalue weighted by molar-refractivity contribution is 0.285. The summed E-state index contributed by atoms with van der Waals surface area (Å²) in [6.45, 7) is 5.17. The molecule has 0 atom stereocenters. The molecule has 0 aliphatic rings. The standard InChI is InChI=1S/C10H19NO/c1-3-7-10(11-4-2)8-5-6-9-12/h3,7,12H,4-6,8-9H2,1-2H3/b7-3+,11-10?. The van der Waals surface area contributed by atoms with Crippen LogP contribution in [0.5, 0.6) is 0 Å². The maximum Gasteiger partial charge on any atom is 0.0431 e. The fourth-order valence-electron chi connectivity index (χ4n) is 1.03. The Kier molecular flexibility index (Phi) is 8.02. The van der Waals surface area contributed by atoms with Gasteiger partial charge in [-0.15, -0.1) is 0 Å². The maximum atomic E-state index is 8.58. The molecule has 0 saturated carbocycles. The average molecular weight is 169 g/mol. The van der Waals surface area contributed by atoms with Gasteiger partial charge < -0.3 is 5.11 Å². The van der Waals surface area contributed by atoms with Gasteiger partial charge in [0.15, 0.2) is 0 Å². The van der Waals surface area contributed by atoms with Crippen LogP contribution in [0.2, 0.25) is 0 Å². The minimum absolute atomic E-state index is 0.287. The molecule has 0 aromatic rings. The first-order valence-corrected chi connectivity index (χ1v) is 4.62. The summed E-state index contributed by atoms with van der Waals surface area (Å²) in [6.07, 6.45) is 6.94. The molecule has 0 aliphatic heterocycles. The van der Waals surface area contributed by atoms with Crippen LogP contribution in [0.4, 0.5) is 0 Å². The summed E-state index contributed by atoms with van der Waals surface area (Å²) in [7, 11) is 0. The fraction of sp³-hybridized carbons (Fsp3) is 0.700. The Morgan fingerprint density at radius 2 is 2.17 bits per heavy atom. The van der Waals surface area contributed by atoms with Gasteiger partial charge in [-0.25, -0.2) is 0 Å². The largest absolute Gasteiger partial charge is 0.396 e. The zero-order chi connectivity index (χ0) is 9.23. The lowest BCUT2D eigenvalue weighted by atomic mass is 10.1. The van der Waals surface area contributed by atoms with Crippen LogP contribution in [0, 0.1) is 0 Å². The molecule has 70 valence electrons. The average Bonchev–Trinajstić information content (AvgIpc) is 2.06. The molecule has 0 radical (unpaired) electrons. The van der Waals surface area contributed by atoms with E-state index in [-0.39, 0.29) is 6.61 Å². The van der Waals surface area contributed by atoms with Gasteiger partial charge in [-0.3, -0.25) is 4.99 Å². The van der Waals surface area contributed by atoms with E-state index in [2.05, 4.69) is 4.99 Å². The van der Waals surface area contributed by atoms with E-state index in [1.165, 1.54) is 0 Å². The van der Waals surface area contributed by atoms with E-state index >= 15 is 0 Å². The maximum absolute atomic E-state index is 8.58. The summed E-state index contributed by atoms with van der Waals surface area (Å²) in [4.78, 5) is 4.33. The van der Waals surface area contributed by atoms with Crippen molar-refractivity contribution in [1.29, 1.82) is 0 Å². The molecule has 1 N–H and O–H groups in total. The van der Waals surface area contributed by atoms with Crippen LogP contribution in [0.15, 0.2) is 17.1 Å². The monoisotopic (exact) mass is 169 g/mol. The molecule has 2 nitrogen and oxygen atoms in total. The molecule has 0 aromatic carbocycles. The predicted octanol–water partition coefficient (Wildman–Crippen LogP) is 2.19. The zero-order valence-electron chi connectivity index (χ0n) is 8.08. The second-order valence-electron chi connectivity index (χ2n) is 2.65. The molecule has 0 amide bonds. The molecular formula is C10H19NO. The number of rotatable bonds is 6. The SMILES string of the molecule is C/C=C/C(CCCCO)=NCC. The van der Waals surface area contributed by atoms with Crippen molar-refractivity contribution in [2.75, 3.05) is 13.2 Å². The van der Waals surface area contributed by atoms with Gasteiger partial charge >= 0.3 is 0 Å². The van der Waals surface area contributed by atoms with Gasteiger partial charge in [0.05, 0.1) is 0 Å². The number of nitrogens with zero attached hydrogens (tertiary/aromatic N) is 1. The molecule has 0 unspecified atom stereocenters. The first kappa shape index (κ1) is 11.4. The Balaban J connectivity index is 3.72. The smallest absolute Gasteiger partial charge is 0.0431 e. The Morgan fingerprint density at radius 1 is 1.42 bits per heavy atom. The molecule has 0 aromatic heterocycles. The summed E-state index contributed by atoms with van der Waals surface area (Å²) in [5, 5.41) is 8.58. The minimum atomic E-state index is 0.287. The molecule has 0 aliphatic carbocycles. The topological polar surface area (TPSA) is 32.6 Å². The van der Waals surface area contributed by atoms with E-state index in [0.29, 0.717) is 0 Å². The van der Waals surface area contributed by atoms with E-state index in [4.69, 9.17) is 5.11 Å². The van der Waals surface area contributed by atoms with E-state index in [9.17, 15) is 0 Å². The first-order valence-electron chi connectivity index (χ1n) is 4.62. The van der Waals surface area contributed by atoms with Crippen molar-refractivity contribution in [2.45, 2.75) is 33.1 Å². The Labute approximate surface area is 75.0 Å². The number of hydrogen-bond acceptors (Lipinski definition) is 2.